The molecule has 0 radical (unpaired) electrons. The van der Waals surface area contributed by atoms with Gasteiger partial charge in [-0.25, -0.2) is 0 Å². The Morgan fingerprint density at radius 2 is 1.88 bits per heavy atom. The number of ketones is 1. The number of carbonyl (C=O) groups excluding carboxylic acids is 1. The van der Waals surface area contributed by atoms with Crippen molar-refractivity contribution in [3.63, 3.8) is 0 Å². The normalized spacial score (nSPS) is 30.5. The van der Waals surface area contributed by atoms with Crippen LogP contribution in [0.5, 0.6) is 0 Å². The van der Waals surface area contributed by atoms with Crippen molar-refractivity contribution >= 4 is 5.78 Å². The highest BCUT2D eigenvalue weighted by molar-refractivity contribution is 5.80. The number of carbonyl (C=O) groups is 1. The van der Waals surface area contributed by atoms with Gasteiger partial charge in [0.1, 0.15) is 5.78 Å². The van der Waals surface area contributed by atoms with Crippen LogP contribution < -0.4 is 0 Å². The van der Waals surface area contributed by atoms with E-state index in [1.807, 2.05) is 6.92 Å². The maximum atomic E-state index is 11.4. The minimum absolute atomic E-state index is 0.120. The summed E-state index contributed by atoms with van der Waals surface area (Å²) in [4.78, 5) is 16.3. The standard InChI is InChI=1S/C13H24N2O/c1-11(12(2)16)15-9-6-13(10-15)14-7-4-3-5-8-14/h11,13H,3-10H2,1-2H3. The maximum Gasteiger partial charge on any atom is 0.146 e. The summed E-state index contributed by atoms with van der Waals surface area (Å²) in [5.41, 5.74) is 0. The summed E-state index contributed by atoms with van der Waals surface area (Å²) in [6.45, 7) is 8.49. The van der Waals surface area contributed by atoms with Crippen molar-refractivity contribution in [2.45, 2.75) is 51.6 Å². The van der Waals surface area contributed by atoms with Gasteiger partial charge in [-0.2, -0.15) is 0 Å². The zero-order valence-electron chi connectivity index (χ0n) is 10.6. The average molecular weight is 224 g/mol. The number of piperidine rings is 1. The molecule has 2 saturated heterocycles. The molecule has 3 nitrogen and oxygen atoms in total. The SMILES string of the molecule is CC(=O)C(C)N1CCC(N2CCCCC2)C1. The van der Waals surface area contributed by atoms with Gasteiger partial charge in [0.05, 0.1) is 6.04 Å². The van der Waals surface area contributed by atoms with E-state index in [2.05, 4.69) is 9.80 Å². The number of Topliss-reactive ketones (excluding diaryl/α,β-unsaturated/α-hetero) is 1. The Kier molecular flexibility index (Phi) is 3.98. The van der Waals surface area contributed by atoms with Crippen molar-refractivity contribution in [2.75, 3.05) is 26.2 Å². The predicted molar refractivity (Wildman–Crippen MR) is 65.5 cm³/mol. The molecule has 16 heavy (non-hydrogen) atoms. The van der Waals surface area contributed by atoms with Crippen LogP contribution in [0.1, 0.15) is 39.5 Å². The van der Waals surface area contributed by atoms with E-state index >= 15 is 0 Å². The second-order valence-electron chi connectivity index (χ2n) is 5.32. The molecule has 2 aliphatic rings. The molecule has 0 aliphatic carbocycles. The minimum Gasteiger partial charge on any atom is -0.299 e. The molecule has 0 aromatic rings. The smallest absolute Gasteiger partial charge is 0.146 e. The van der Waals surface area contributed by atoms with E-state index in [1.54, 1.807) is 6.92 Å². The van der Waals surface area contributed by atoms with E-state index in [4.69, 9.17) is 0 Å². The first-order valence-electron chi connectivity index (χ1n) is 6.67. The lowest BCUT2D eigenvalue weighted by molar-refractivity contribution is -0.121. The highest BCUT2D eigenvalue weighted by Crippen LogP contribution is 2.21. The van der Waals surface area contributed by atoms with Gasteiger partial charge in [0.2, 0.25) is 0 Å². The van der Waals surface area contributed by atoms with Gasteiger partial charge >= 0.3 is 0 Å². The maximum absolute atomic E-state index is 11.4. The van der Waals surface area contributed by atoms with Crippen molar-refractivity contribution in [2.24, 2.45) is 0 Å². The fourth-order valence-corrected chi connectivity index (χ4v) is 2.96. The summed E-state index contributed by atoms with van der Waals surface area (Å²) in [6.07, 6.45) is 5.37. The molecule has 2 fully saturated rings. The van der Waals surface area contributed by atoms with Crippen LogP contribution in [0, 0.1) is 0 Å². The Morgan fingerprint density at radius 1 is 1.19 bits per heavy atom. The van der Waals surface area contributed by atoms with Crippen LogP contribution in [-0.2, 0) is 4.79 Å². The zero-order chi connectivity index (χ0) is 11.5. The highest BCUT2D eigenvalue weighted by atomic mass is 16.1. The van der Waals surface area contributed by atoms with E-state index in [-0.39, 0.29) is 6.04 Å². The fraction of sp³-hybridized carbons (Fsp3) is 0.923. The third-order valence-electron chi connectivity index (χ3n) is 4.24. The van der Waals surface area contributed by atoms with Gasteiger partial charge in [-0.05, 0) is 46.2 Å². The molecule has 92 valence electrons. The van der Waals surface area contributed by atoms with Crippen LogP contribution in [0.15, 0.2) is 0 Å². The molecule has 0 saturated carbocycles. The number of hydrogen-bond acceptors (Lipinski definition) is 3. The lowest BCUT2D eigenvalue weighted by Gasteiger charge is -2.32. The van der Waals surface area contributed by atoms with Crippen molar-refractivity contribution in [1.29, 1.82) is 0 Å². The summed E-state index contributed by atoms with van der Waals surface area (Å²) in [6, 6.07) is 0.830. The van der Waals surface area contributed by atoms with Gasteiger partial charge in [0.25, 0.3) is 0 Å². The number of likely N-dealkylation sites (tertiary alicyclic amines) is 2. The van der Waals surface area contributed by atoms with E-state index in [9.17, 15) is 4.79 Å². The molecule has 2 atom stereocenters. The van der Waals surface area contributed by atoms with E-state index < -0.39 is 0 Å². The van der Waals surface area contributed by atoms with Crippen molar-refractivity contribution < 1.29 is 4.79 Å². The largest absolute Gasteiger partial charge is 0.299 e. The van der Waals surface area contributed by atoms with Crippen molar-refractivity contribution in [3.8, 4) is 0 Å². The quantitative estimate of drug-likeness (QED) is 0.726. The van der Waals surface area contributed by atoms with Crippen LogP contribution in [0.2, 0.25) is 0 Å². The van der Waals surface area contributed by atoms with Crippen LogP contribution in [0.3, 0.4) is 0 Å². The molecule has 3 heteroatoms. The van der Waals surface area contributed by atoms with Gasteiger partial charge in [0, 0.05) is 19.1 Å². The first-order valence-corrected chi connectivity index (χ1v) is 6.67. The first-order chi connectivity index (χ1) is 7.68. The fourth-order valence-electron chi connectivity index (χ4n) is 2.96. The third-order valence-corrected chi connectivity index (χ3v) is 4.24. The van der Waals surface area contributed by atoms with Gasteiger partial charge in [-0.3, -0.25) is 14.6 Å². The Morgan fingerprint density at radius 3 is 2.50 bits per heavy atom. The van der Waals surface area contributed by atoms with E-state index in [0.717, 1.165) is 13.1 Å². The Bertz CT molecular complexity index is 248. The number of rotatable bonds is 3. The monoisotopic (exact) mass is 224 g/mol. The summed E-state index contributed by atoms with van der Waals surface area (Å²) in [5.74, 6) is 0.305. The molecule has 0 N–H and O–H groups in total. The number of hydrogen-bond donors (Lipinski definition) is 0. The minimum atomic E-state index is 0.120. The average Bonchev–Trinajstić information content (AvgIpc) is 2.78. The molecular formula is C13H24N2O. The van der Waals surface area contributed by atoms with Gasteiger partial charge < -0.3 is 0 Å². The molecule has 0 bridgehead atoms. The van der Waals surface area contributed by atoms with E-state index in [0.29, 0.717) is 11.8 Å². The highest BCUT2D eigenvalue weighted by Gasteiger charge is 2.31. The molecule has 2 rings (SSSR count). The molecule has 2 unspecified atom stereocenters. The van der Waals surface area contributed by atoms with Gasteiger partial charge in [-0.15, -0.1) is 0 Å². The Labute approximate surface area is 98.8 Å². The first kappa shape index (κ1) is 12.1. The third kappa shape index (κ3) is 2.64. The summed E-state index contributed by atoms with van der Waals surface area (Å²) in [7, 11) is 0. The van der Waals surface area contributed by atoms with Crippen molar-refractivity contribution in [1.82, 2.24) is 9.80 Å². The summed E-state index contributed by atoms with van der Waals surface area (Å²) < 4.78 is 0. The predicted octanol–water partition coefficient (Wildman–Crippen LogP) is 1.52. The summed E-state index contributed by atoms with van der Waals surface area (Å²) >= 11 is 0. The van der Waals surface area contributed by atoms with Crippen molar-refractivity contribution in [3.05, 3.63) is 0 Å². The Hall–Kier alpha value is -0.410. The zero-order valence-corrected chi connectivity index (χ0v) is 10.6. The van der Waals surface area contributed by atoms with Crippen LogP contribution in [0.4, 0.5) is 0 Å². The molecule has 2 heterocycles. The lowest BCUT2D eigenvalue weighted by Crippen LogP contribution is -2.43. The Balaban J connectivity index is 1.84. The molecule has 0 aromatic carbocycles. The molecule has 0 aromatic heterocycles. The van der Waals surface area contributed by atoms with Gasteiger partial charge in [-0.1, -0.05) is 6.42 Å². The van der Waals surface area contributed by atoms with Crippen LogP contribution in [0.25, 0.3) is 0 Å². The second kappa shape index (κ2) is 5.28. The topological polar surface area (TPSA) is 23.6 Å². The van der Waals surface area contributed by atoms with Gasteiger partial charge in [0.15, 0.2) is 0 Å². The molecule has 2 aliphatic heterocycles. The van der Waals surface area contributed by atoms with Crippen LogP contribution in [-0.4, -0.2) is 53.8 Å². The molecular weight excluding hydrogens is 200 g/mol. The molecule has 0 amide bonds. The second-order valence-corrected chi connectivity index (χ2v) is 5.32. The van der Waals surface area contributed by atoms with Crippen LogP contribution >= 0.6 is 0 Å². The number of nitrogens with zero attached hydrogens (tertiary/aromatic N) is 2. The molecule has 0 spiro atoms. The lowest BCUT2D eigenvalue weighted by atomic mass is 10.1. The van der Waals surface area contributed by atoms with E-state index in [1.165, 1.54) is 38.8 Å². The summed E-state index contributed by atoms with van der Waals surface area (Å²) in [5, 5.41) is 0.